The van der Waals surface area contributed by atoms with E-state index in [1.54, 1.807) is 72.8 Å². The summed E-state index contributed by atoms with van der Waals surface area (Å²) in [5.74, 6) is -3.61. The molecule has 15 heteroatoms. The summed E-state index contributed by atoms with van der Waals surface area (Å²) < 4.78 is 10.8. The van der Waals surface area contributed by atoms with Gasteiger partial charge < -0.3 is 41.2 Å². The maximum absolute atomic E-state index is 14.3. The third kappa shape index (κ3) is 11.6. The highest BCUT2D eigenvalue weighted by molar-refractivity contribution is 7.09. The van der Waals surface area contributed by atoms with Crippen molar-refractivity contribution in [2.45, 2.75) is 62.7 Å². The Bertz CT molecular complexity index is 1970. The van der Waals surface area contributed by atoms with Crippen LogP contribution in [0.2, 0.25) is 0 Å². The number of carbonyl (C=O) groups is 6. The van der Waals surface area contributed by atoms with Crippen molar-refractivity contribution < 1.29 is 43.3 Å². The average molecular weight is 770 g/mol. The van der Waals surface area contributed by atoms with E-state index >= 15 is 0 Å². The number of carboxylic acids is 1. The molecule has 1 aromatic heterocycles. The van der Waals surface area contributed by atoms with Crippen LogP contribution in [0.3, 0.4) is 0 Å². The molecule has 2 bridgehead atoms. The minimum absolute atomic E-state index is 0.00718. The molecule has 6 rings (SSSR count). The van der Waals surface area contributed by atoms with Crippen LogP contribution < -0.4 is 36.1 Å². The van der Waals surface area contributed by atoms with Crippen LogP contribution in [0.4, 0.5) is 5.69 Å². The molecule has 3 aromatic carbocycles. The second-order valence-electron chi connectivity index (χ2n) is 13.0. The largest absolute Gasteiger partial charge is 0.493 e. The smallest absolute Gasteiger partial charge is 0.326 e. The summed E-state index contributed by atoms with van der Waals surface area (Å²) in [6.45, 7) is 0. The number of ether oxygens (including phenoxy) is 2. The fourth-order valence-corrected chi connectivity index (χ4v) is 6.80. The van der Waals surface area contributed by atoms with Crippen molar-refractivity contribution in [2.75, 3.05) is 19.5 Å². The second-order valence-corrected chi connectivity index (χ2v) is 14.0. The van der Waals surface area contributed by atoms with E-state index in [0.717, 1.165) is 4.88 Å². The predicted molar refractivity (Wildman–Crippen MR) is 205 cm³/mol. The Balaban J connectivity index is 1.52. The molecule has 4 atom stereocenters. The zero-order valence-electron chi connectivity index (χ0n) is 30.3. The van der Waals surface area contributed by atoms with E-state index in [0.29, 0.717) is 33.9 Å². The Hall–Kier alpha value is -6.22. The lowest BCUT2D eigenvalue weighted by Gasteiger charge is -2.26. The number of aliphatic carboxylic acids is 1. The van der Waals surface area contributed by atoms with Crippen LogP contribution in [0.15, 0.2) is 90.3 Å². The normalized spacial score (nSPS) is 20.1. The number of thiophene rings is 1. The number of hydrogen-bond acceptors (Lipinski definition) is 9. The van der Waals surface area contributed by atoms with Gasteiger partial charge >= 0.3 is 5.97 Å². The number of carboxylic acid groups (broad SMARTS) is 1. The topological polar surface area (TPSA) is 201 Å². The molecule has 0 saturated heterocycles. The van der Waals surface area contributed by atoms with Gasteiger partial charge in [-0.2, -0.15) is 0 Å². The first-order chi connectivity index (χ1) is 26.5. The van der Waals surface area contributed by atoms with E-state index in [2.05, 4.69) is 26.6 Å². The van der Waals surface area contributed by atoms with Gasteiger partial charge in [-0.3, -0.25) is 24.0 Å². The Morgan fingerprint density at radius 1 is 0.673 bits per heavy atom. The Morgan fingerprint density at radius 3 is 1.91 bits per heavy atom. The number of carbonyl (C=O) groups excluding carboxylic acids is 5. The van der Waals surface area contributed by atoms with Crippen LogP contribution >= 0.6 is 11.3 Å². The van der Waals surface area contributed by atoms with Crippen molar-refractivity contribution in [3.05, 3.63) is 112 Å². The highest BCUT2D eigenvalue weighted by Crippen LogP contribution is 2.28. The third-order valence-electron chi connectivity index (χ3n) is 8.94. The summed E-state index contributed by atoms with van der Waals surface area (Å²) in [4.78, 5) is 81.5. The molecule has 55 heavy (non-hydrogen) atoms. The molecule has 14 nitrogen and oxygen atoms in total. The van der Waals surface area contributed by atoms with Gasteiger partial charge in [0.1, 0.15) is 24.2 Å². The summed E-state index contributed by atoms with van der Waals surface area (Å²) in [7, 11) is 2.95. The van der Waals surface area contributed by atoms with Crippen molar-refractivity contribution >= 4 is 52.5 Å². The van der Waals surface area contributed by atoms with Crippen LogP contribution in [0.5, 0.6) is 11.5 Å². The predicted octanol–water partition coefficient (Wildman–Crippen LogP) is 2.79. The molecule has 0 unspecified atom stereocenters. The molecule has 0 saturated carbocycles. The number of methoxy groups -OCH3 is 2. The van der Waals surface area contributed by atoms with Gasteiger partial charge in [-0.1, -0.05) is 54.6 Å². The van der Waals surface area contributed by atoms with Crippen LogP contribution in [0.25, 0.3) is 0 Å². The minimum atomic E-state index is -1.37. The van der Waals surface area contributed by atoms with E-state index in [1.165, 1.54) is 25.6 Å². The van der Waals surface area contributed by atoms with Crippen molar-refractivity contribution in [3.8, 4) is 11.5 Å². The molecule has 2 aliphatic rings. The number of rotatable bonds is 9. The molecule has 3 heterocycles. The monoisotopic (exact) mass is 769 g/mol. The number of hydrogen-bond donors (Lipinski definition) is 6. The van der Waals surface area contributed by atoms with Gasteiger partial charge in [0.2, 0.25) is 29.5 Å². The molecule has 0 aliphatic carbocycles. The highest BCUT2D eigenvalue weighted by Gasteiger charge is 2.32. The Labute approximate surface area is 322 Å². The number of anilines is 1. The number of amides is 5. The summed E-state index contributed by atoms with van der Waals surface area (Å²) in [6.07, 6.45) is -0.443. The highest BCUT2D eigenvalue weighted by atomic mass is 32.1. The zero-order chi connectivity index (χ0) is 39.3. The van der Waals surface area contributed by atoms with Gasteiger partial charge in [0.25, 0.3) is 0 Å². The average Bonchev–Trinajstić information content (AvgIpc) is 3.70. The van der Waals surface area contributed by atoms with Crippen molar-refractivity contribution in [1.29, 1.82) is 0 Å². The molecular weight excluding hydrogens is 727 g/mol. The molecule has 4 aromatic rings. The van der Waals surface area contributed by atoms with Crippen LogP contribution in [0.1, 0.15) is 34.4 Å². The van der Waals surface area contributed by atoms with Crippen LogP contribution in [-0.2, 0) is 54.5 Å². The van der Waals surface area contributed by atoms with E-state index in [-0.39, 0.29) is 38.5 Å². The fraction of sp³-hybridized carbons (Fsp3) is 0.300. The molecule has 0 radical (unpaired) electrons. The summed E-state index contributed by atoms with van der Waals surface area (Å²) in [5.41, 5.74) is 2.26. The van der Waals surface area contributed by atoms with Crippen molar-refractivity contribution in [3.63, 3.8) is 0 Å². The minimum Gasteiger partial charge on any atom is -0.493 e. The lowest BCUT2D eigenvalue weighted by Crippen LogP contribution is -2.59. The maximum atomic E-state index is 14.3. The van der Waals surface area contributed by atoms with Gasteiger partial charge in [-0.15, -0.1) is 11.3 Å². The Morgan fingerprint density at radius 2 is 1.29 bits per heavy atom. The molecule has 5 amide bonds. The molecule has 0 spiro atoms. The molecule has 2 aliphatic heterocycles. The lowest BCUT2D eigenvalue weighted by molar-refractivity contribution is -0.142. The van der Waals surface area contributed by atoms with Gasteiger partial charge in [-0.05, 0) is 52.4 Å². The first-order valence-corrected chi connectivity index (χ1v) is 18.5. The molecule has 6 N–H and O–H groups in total. The molecular formula is C40H43N5O9S. The van der Waals surface area contributed by atoms with Crippen molar-refractivity contribution in [2.24, 2.45) is 0 Å². The van der Waals surface area contributed by atoms with Crippen LogP contribution in [0, 0.1) is 0 Å². The fourth-order valence-electron chi connectivity index (χ4n) is 6.04. The van der Waals surface area contributed by atoms with E-state index in [1.807, 2.05) is 17.5 Å². The maximum Gasteiger partial charge on any atom is 0.326 e. The van der Waals surface area contributed by atoms with Crippen molar-refractivity contribution in [1.82, 2.24) is 21.3 Å². The van der Waals surface area contributed by atoms with Gasteiger partial charge in [0, 0.05) is 49.1 Å². The van der Waals surface area contributed by atoms with Gasteiger partial charge in [0.15, 0.2) is 11.5 Å². The first kappa shape index (κ1) is 40.0. The molecule has 0 fully saturated rings. The number of nitrogens with one attached hydrogen (secondary N) is 5. The third-order valence-corrected chi connectivity index (χ3v) is 9.84. The Kier molecular flexibility index (Phi) is 14.0. The summed E-state index contributed by atoms with van der Waals surface area (Å²) in [5, 5.41) is 25.5. The number of fused-ring (bicyclic) bond motifs is 18. The van der Waals surface area contributed by atoms with E-state index in [9.17, 15) is 33.9 Å². The number of benzene rings is 3. The summed E-state index contributed by atoms with van der Waals surface area (Å²) in [6, 6.07) is 18.9. The van der Waals surface area contributed by atoms with Gasteiger partial charge in [0.05, 0.1) is 14.2 Å². The molecule has 288 valence electrons. The second kappa shape index (κ2) is 19.2. The zero-order valence-corrected chi connectivity index (χ0v) is 31.2. The lowest BCUT2D eigenvalue weighted by atomic mass is 10.0. The quantitative estimate of drug-likeness (QED) is 0.139. The summed E-state index contributed by atoms with van der Waals surface area (Å²) >= 11 is 1.39. The SMILES string of the molecule is COc1ccc(C[C@@H]2NC(=O)[C@@H](Cc3cccs3)NC(=O)CCC(=O)Nc3ccc(cc3)C[C@@H](C(=O)O)NC(=O)[C@@H](Cc3ccccc3)NC2=O)cc1OC. The van der Waals surface area contributed by atoms with E-state index in [4.69, 9.17) is 9.47 Å². The van der Waals surface area contributed by atoms with Crippen LogP contribution in [-0.4, -0.2) is 79.0 Å². The standard InChI is InChI=1S/C40H43N5O9S/c1-53-33-15-12-26(22-34(33)54-2)21-30-37(48)43-29(19-24-7-4-3-5-8-24)38(49)45-32(40(51)52)20-25-10-13-27(14-11-25)41-35(46)16-17-36(47)42-31(39(50)44-30)23-28-9-6-18-55-28/h3-15,18,22,29-32H,16-17,19-21,23H2,1-2H3,(H,41,46)(H,42,47)(H,43,48)(H,44,50)(H,45,49)(H,51,52)/t29-,30+,31-,32+/m1/s1. The van der Waals surface area contributed by atoms with Gasteiger partial charge in [-0.25, -0.2) is 4.79 Å². The first-order valence-electron chi connectivity index (χ1n) is 17.6. The van der Waals surface area contributed by atoms with E-state index < -0.39 is 59.7 Å².